The second-order valence-corrected chi connectivity index (χ2v) is 8.29. The molecule has 3 heterocycles. The maximum absolute atomic E-state index is 13.3. The number of H-pyrrole nitrogens is 1. The number of hydrogen-bond acceptors (Lipinski definition) is 8. The number of anilines is 1. The summed E-state index contributed by atoms with van der Waals surface area (Å²) in [4.78, 5) is 61.0. The summed E-state index contributed by atoms with van der Waals surface area (Å²) in [7, 11) is 2.88. The molecule has 0 saturated carbocycles. The van der Waals surface area contributed by atoms with E-state index in [9.17, 15) is 23.6 Å². The van der Waals surface area contributed by atoms with E-state index in [1.165, 1.54) is 55.8 Å². The minimum Gasteiger partial charge on any atom is -0.494 e. The van der Waals surface area contributed by atoms with Gasteiger partial charge >= 0.3 is 0 Å². The highest BCUT2D eigenvalue weighted by Crippen LogP contribution is 2.34. The van der Waals surface area contributed by atoms with Gasteiger partial charge in [0.15, 0.2) is 0 Å². The first kappa shape index (κ1) is 23.2. The number of nitrogens with one attached hydrogen (secondary N) is 1. The maximum Gasteiger partial charge on any atom is 0.295 e. The molecule has 11 heteroatoms. The first-order valence-electron chi connectivity index (χ1n) is 11.1. The predicted molar refractivity (Wildman–Crippen MR) is 129 cm³/mol. The molecule has 5 rings (SSSR count). The average molecular weight is 492 g/mol. The number of halogens is 1. The number of pyridine rings is 1. The third-order valence-electron chi connectivity index (χ3n) is 6.39. The number of piperazine rings is 1. The van der Waals surface area contributed by atoms with Gasteiger partial charge in [0, 0.05) is 32.4 Å². The summed E-state index contributed by atoms with van der Waals surface area (Å²) in [5.41, 5.74) is 0.294. The van der Waals surface area contributed by atoms with Crippen molar-refractivity contribution in [3.8, 4) is 22.8 Å². The maximum atomic E-state index is 13.3. The molecule has 0 radical (unpaired) electrons. The summed E-state index contributed by atoms with van der Waals surface area (Å²) >= 11 is 0. The lowest BCUT2D eigenvalue weighted by molar-refractivity contribution is -0.126. The second kappa shape index (κ2) is 8.91. The zero-order valence-corrected chi connectivity index (χ0v) is 19.5. The van der Waals surface area contributed by atoms with E-state index >= 15 is 0 Å². The van der Waals surface area contributed by atoms with E-state index in [2.05, 4.69) is 9.97 Å². The smallest absolute Gasteiger partial charge is 0.295 e. The van der Waals surface area contributed by atoms with Crippen LogP contribution >= 0.6 is 0 Å². The largest absolute Gasteiger partial charge is 0.494 e. The normalized spacial score (nSPS) is 13.9. The number of methoxy groups -OCH3 is 2. The molecule has 0 atom stereocenters. The van der Waals surface area contributed by atoms with Crippen LogP contribution in [0, 0.1) is 5.82 Å². The Balaban J connectivity index is 1.35. The number of benzene rings is 1. The van der Waals surface area contributed by atoms with Crippen molar-refractivity contribution in [1.82, 2.24) is 14.9 Å². The fraction of sp³-hybridized carbons (Fsp3) is 0.240. The highest BCUT2D eigenvalue weighted by molar-refractivity contribution is 6.45. The molecule has 0 aliphatic carbocycles. The minimum atomic E-state index is -0.720. The topological polar surface area (TPSA) is 122 Å². The highest BCUT2D eigenvalue weighted by atomic mass is 19.1. The number of ether oxygens (including phenoxy) is 2. The monoisotopic (exact) mass is 492 g/mol. The molecule has 184 valence electrons. The SMILES string of the molecule is COc1ncc(OC)c2c(C(=O)C(=O)N3CCN(c4c(-c5ccc(F)cc5)c(=O)c4=O)CC3)c[nH]c12. The lowest BCUT2D eigenvalue weighted by Crippen LogP contribution is -2.54. The Bertz CT molecular complexity index is 1560. The van der Waals surface area contributed by atoms with Gasteiger partial charge in [-0.05, 0) is 17.7 Å². The van der Waals surface area contributed by atoms with Crippen LogP contribution in [0.15, 0.2) is 46.2 Å². The number of carbonyl (C=O) groups is 2. The van der Waals surface area contributed by atoms with Crippen LogP contribution in [0.3, 0.4) is 0 Å². The van der Waals surface area contributed by atoms with Crippen LogP contribution in [-0.2, 0) is 4.79 Å². The number of rotatable bonds is 6. The predicted octanol–water partition coefficient (Wildman–Crippen LogP) is 1.51. The Morgan fingerprint density at radius 3 is 2.33 bits per heavy atom. The number of amides is 1. The Hall–Kier alpha value is -4.54. The van der Waals surface area contributed by atoms with Gasteiger partial charge in [0.05, 0.1) is 36.9 Å². The molecule has 4 aromatic rings. The van der Waals surface area contributed by atoms with E-state index < -0.39 is 28.4 Å². The molecular formula is C25H21FN4O6. The summed E-state index contributed by atoms with van der Waals surface area (Å²) in [6.07, 6.45) is 2.84. The van der Waals surface area contributed by atoms with Gasteiger partial charge < -0.3 is 24.3 Å². The molecule has 2 aromatic heterocycles. The molecule has 10 nitrogen and oxygen atoms in total. The van der Waals surface area contributed by atoms with Gasteiger partial charge in [-0.15, -0.1) is 0 Å². The van der Waals surface area contributed by atoms with Crippen LogP contribution in [-0.4, -0.2) is 67.0 Å². The van der Waals surface area contributed by atoms with E-state index in [4.69, 9.17) is 9.47 Å². The van der Waals surface area contributed by atoms with E-state index in [0.717, 1.165) is 0 Å². The molecule has 1 aliphatic rings. The lowest BCUT2D eigenvalue weighted by atomic mass is 9.97. The van der Waals surface area contributed by atoms with Crippen molar-refractivity contribution in [3.05, 3.63) is 68.5 Å². The van der Waals surface area contributed by atoms with Crippen molar-refractivity contribution in [2.45, 2.75) is 0 Å². The number of hydrogen-bond donors (Lipinski definition) is 1. The molecule has 2 aromatic carbocycles. The zero-order chi connectivity index (χ0) is 25.6. The molecule has 0 unspecified atom stereocenters. The number of fused-ring (bicyclic) bond motifs is 1. The summed E-state index contributed by atoms with van der Waals surface area (Å²) in [5.74, 6) is -1.28. The van der Waals surface area contributed by atoms with Crippen molar-refractivity contribution < 1.29 is 23.5 Å². The van der Waals surface area contributed by atoms with E-state index in [0.29, 0.717) is 22.2 Å². The molecule has 0 bridgehead atoms. The molecule has 36 heavy (non-hydrogen) atoms. The average Bonchev–Trinajstić information content (AvgIpc) is 3.36. The minimum absolute atomic E-state index is 0.135. The fourth-order valence-corrected chi connectivity index (χ4v) is 4.54. The Morgan fingerprint density at radius 2 is 1.69 bits per heavy atom. The molecule has 1 saturated heterocycles. The number of carbonyl (C=O) groups excluding carboxylic acids is 2. The van der Waals surface area contributed by atoms with Crippen LogP contribution in [0.5, 0.6) is 11.6 Å². The van der Waals surface area contributed by atoms with E-state index in [-0.39, 0.29) is 48.9 Å². The van der Waals surface area contributed by atoms with Crippen molar-refractivity contribution in [2.75, 3.05) is 45.3 Å². The van der Waals surface area contributed by atoms with Crippen molar-refractivity contribution >= 4 is 28.3 Å². The zero-order valence-electron chi connectivity index (χ0n) is 19.5. The number of nitrogens with zero attached hydrogens (tertiary/aromatic N) is 3. The molecular weight excluding hydrogens is 471 g/mol. The molecule has 0 spiro atoms. The Morgan fingerprint density at radius 1 is 1.00 bits per heavy atom. The van der Waals surface area contributed by atoms with Crippen LogP contribution < -0.4 is 25.2 Å². The van der Waals surface area contributed by atoms with Crippen molar-refractivity contribution in [3.63, 3.8) is 0 Å². The standard InChI is InChI=1S/C25H21FN4O6/c1-35-16-12-28-24(36-2)19-18(16)15(11-27-19)21(31)25(34)30-9-7-29(8-10-30)20-17(22(32)23(20)33)13-3-5-14(26)6-4-13/h3-6,11-12,27H,7-10H2,1-2H3. The summed E-state index contributed by atoms with van der Waals surface area (Å²) in [6, 6.07) is 5.36. The van der Waals surface area contributed by atoms with Gasteiger partial charge in [-0.1, -0.05) is 12.1 Å². The van der Waals surface area contributed by atoms with Gasteiger partial charge in [0.2, 0.25) is 16.7 Å². The molecule has 1 N–H and O–H groups in total. The van der Waals surface area contributed by atoms with Gasteiger partial charge in [0.25, 0.3) is 11.7 Å². The third-order valence-corrected chi connectivity index (χ3v) is 6.39. The van der Waals surface area contributed by atoms with Crippen LogP contribution in [0.4, 0.5) is 10.1 Å². The highest BCUT2D eigenvalue weighted by Gasteiger charge is 2.33. The second-order valence-electron chi connectivity index (χ2n) is 8.29. The lowest BCUT2D eigenvalue weighted by Gasteiger charge is -2.36. The molecule has 1 amide bonds. The van der Waals surface area contributed by atoms with E-state index in [1.54, 1.807) is 4.90 Å². The van der Waals surface area contributed by atoms with Crippen LogP contribution in [0.1, 0.15) is 10.4 Å². The summed E-state index contributed by atoms with van der Waals surface area (Å²) in [5, 5.41) is 0.397. The number of ketones is 1. The third kappa shape index (κ3) is 3.60. The van der Waals surface area contributed by atoms with Gasteiger partial charge in [0.1, 0.15) is 22.8 Å². The Kier molecular flexibility index (Phi) is 5.75. The van der Waals surface area contributed by atoms with Crippen LogP contribution in [0.25, 0.3) is 22.0 Å². The molecule has 1 fully saturated rings. The van der Waals surface area contributed by atoms with Gasteiger partial charge in [-0.2, -0.15) is 0 Å². The first-order valence-corrected chi connectivity index (χ1v) is 11.1. The van der Waals surface area contributed by atoms with Gasteiger partial charge in [-0.3, -0.25) is 19.2 Å². The first-order chi connectivity index (χ1) is 17.3. The molecule has 1 aliphatic heterocycles. The quantitative estimate of drug-likeness (QED) is 0.318. The van der Waals surface area contributed by atoms with Crippen molar-refractivity contribution in [2.24, 2.45) is 0 Å². The summed E-state index contributed by atoms with van der Waals surface area (Å²) in [6.45, 7) is 0.868. The van der Waals surface area contributed by atoms with E-state index in [1.807, 2.05) is 0 Å². The number of aromatic nitrogens is 2. The van der Waals surface area contributed by atoms with Crippen LogP contribution in [0.2, 0.25) is 0 Å². The van der Waals surface area contributed by atoms with Gasteiger partial charge in [-0.25, -0.2) is 9.37 Å². The summed E-state index contributed by atoms with van der Waals surface area (Å²) < 4.78 is 23.8. The number of aromatic amines is 1. The Labute approximate surface area is 203 Å². The number of Topliss-reactive ketones (excluding diaryl/α,β-unsaturated/α-hetero) is 1. The van der Waals surface area contributed by atoms with Crippen molar-refractivity contribution in [1.29, 1.82) is 0 Å². The fourth-order valence-electron chi connectivity index (χ4n) is 4.54.